The van der Waals surface area contributed by atoms with Crippen LogP contribution >= 0.6 is 0 Å². The second-order valence-corrected chi connectivity index (χ2v) is 5.34. The van der Waals surface area contributed by atoms with Crippen molar-refractivity contribution in [2.24, 2.45) is 0 Å². The van der Waals surface area contributed by atoms with Gasteiger partial charge in [0.1, 0.15) is 0 Å². The summed E-state index contributed by atoms with van der Waals surface area (Å²) in [5.41, 5.74) is 5.27. The fourth-order valence-electron chi connectivity index (χ4n) is 2.66. The van der Waals surface area contributed by atoms with Gasteiger partial charge in [-0.1, -0.05) is 43.3 Å². The summed E-state index contributed by atoms with van der Waals surface area (Å²) in [6.07, 6.45) is 1.16. The number of hydrogen-bond acceptors (Lipinski definition) is 2. The van der Waals surface area contributed by atoms with Crippen molar-refractivity contribution in [3.63, 3.8) is 0 Å². The molecular weight excluding hydrogens is 256 g/mol. The van der Waals surface area contributed by atoms with Gasteiger partial charge in [0.2, 0.25) is 0 Å². The Hall–Kier alpha value is -1.80. The number of hydrogen-bond donors (Lipinski definition) is 1. The Kier molecular flexibility index (Phi) is 5.82. The highest BCUT2D eigenvalue weighted by Gasteiger charge is 2.12. The van der Waals surface area contributed by atoms with Gasteiger partial charge in [-0.2, -0.15) is 0 Å². The summed E-state index contributed by atoms with van der Waals surface area (Å²) in [5.74, 6) is 0. The maximum Gasteiger partial charge on any atom is 0.0456 e. The van der Waals surface area contributed by atoms with Gasteiger partial charge in [-0.05, 0) is 50.1 Å². The van der Waals surface area contributed by atoms with Gasteiger partial charge < -0.3 is 10.2 Å². The van der Waals surface area contributed by atoms with Gasteiger partial charge in [0.15, 0.2) is 0 Å². The van der Waals surface area contributed by atoms with Gasteiger partial charge in [-0.3, -0.25) is 0 Å². The zero-order valence-corrected chi connectivity index (χ0v) is 13.4. The summed E-state index contributed by atoms with van der Waals surface area (Å²) in [6, 6.07) is 17.3. The summed E-state index contributed by atoms with van der Waals surface area (Å²) in [4.78, 5) is 2.40. The number of para-hydroxylation sites is 2. The zero-order chi connectivity index (χ0) is 15.1. The molecule has 21 heavy (non-hydrogen) atoms. The molecule has 2 heteroatoms. The largest absolute Gasteiger partial charge is 0.341 e. The standard InChI is InChI=1S/C19H26N2/c1-4-14-20-15-17-11-7-9-13-19(17)21(5-2)18-12-8-6-10-16(18)3/h6-13,20H,4-5,14-15H2,1-3H3. The Balaban J connectivity index is 2.32. The Morgan fingerprint density at radius 3 is 2.24 bits per heavy atom. The van der Waals surface area contributed by atoms with Gasteiger partial charge >= 0.3 is 0 Å². The molecule has 2 nitrogen and oxygen atoms in total. The minimum atomic E-state index is 0.923. The van der Waals surface area contributed by atoms with Crippen LogP contribution in [0.3, 0.4) is 0 Å². The predicted octanol–water partition coefficient (Wildman–Crippen LogP) is 4.65. The first-order valence-electron chi connectivity index (χ1n) is 7.89. The van der Waals surface area contributed by atoms with Crippen LogP contribution in [0.4, 0.5) is 11.4 Å². The van der Waals surface area contributed by atoms with E-state index in [1.807, 2.05) is 0 Å². The molecule has 0 heterocycles. The molecule has 0 aliphatic heterocycles. The summed E-state index contributed by atoms with van der Waals surface area (Å²) < 4.78 is 0. The van der Waals surface area contributed by atoms with Crippen LogP contribution in [0.25, 0.3) is 0 Å². The van der Waals surface area contributed by atoms with E-state index in [0.717, 1.165) is 26.1 Å². The fraction of sp³-hybridized carbons (Fsp3) is 0.368. The molecule has 0 unspecified atom stereocenters. The lowest BCUT2D eigenvalue weighted by Gasteiger charge is -2.27. The summed E-state index contributed by atoms with van der Waals surface area (Å²) in [5, 5.41) is 3.51. The Labute approximate surface area is 128 Å². The van der Waals surface area contributed by atoms with E-state index in [-0.39, 0.29) is 0 Å². The van der Waals surface area contributed by atoms with Crippen LogP contribution in [0.15, 0.2) is 48.5 Å². The highest BCUT2D eigenvalue weighted by atomic mass is 15.1. The molecule has 0 aliphatic carbocycles. The molecule has 0 spiro atoms. The smallest absolute Gasteiger partial charge is 0.0456 e. The molecule has 0 aliphatic rings. The Morgan fingerprint density at radius 2 is 1.57 bits per heavy atom. The van der Waals surface area contributed by atoms with Crippen LogP contribution in [-0.2, 0) is 6.54 Å². The molecule has 0 fully saturated rings. The first-order chi connectivity index (χ1) is 10.3. The van der Waals surface area contributed by atoms with Crippen molar-refractivity contribution in [3.8, 4) is 0 Å². The summed E-state index contributed by atoms with van der Waals surface area (Å²) >= 11 is 0. The predicted molar refractivity (Wildman–Crippen MR) is 92.3 cm³/mol. The Bertz CT molecular complexity index is 563. The number of anilines is 2. The van der Waals surface area contributed by atoms with E-state index in [4.69, 9.17) is 0 Å². The summed E-state index contributed by atoms with van der Waals surface area (Å²) in [6.45, 7) is 9.54. The van der Waals surface area contributed by atoms with E-state index < -0.39 is 0 Å². The lowest BCUT2D eigenvalue weighted by atomic mass is 10.1. The lowest BCUT2D eigenvalue weighted by Crippen LogP contribution is -2.21. The molecule has 0 aromatic heterocycles. The number of rotatable bonds is 7. The first-order valence-corrected chi connectivity index (χ1v) is 7.89. The number of nitrogens with zero attached hydrogens (tertiary/aromatic N) is 1. The van der Waals surface area contributed by atoms with Crippen molar-refractivity contribution < 1.29 is 0 Å². The molecule has 0 saturated heterocycles. The van der Waals surface area contributed by atoms with E-state index in [9.17, 15) is 0 Å². The molecule has 0 atom stereocenters. The highest BCUT2D eigenvalue weighted by molar-refractivity contribution is 5.68. The molecule has 2 aromatic carbocycles. The minimum Gasteiger partial charge on any atom is -0.341 e. The van der Waals surface area contributed by atoms with Gasteiger partial charge in [0.05, 0.1) is 0 Å². The normalized spacial score (nSPS) is 10.6. The maximum atomic E-state index is 3.51. The quantitative estimate of drug-likeness (QED) is 0.743. The van der Waals surface area contributed by atoms with Crippen LogP contribution in [0, 0.1) is 6.92 Å². The third-order valence-corrected chi connectivity index (χ3v) is 3.75. The lowest BCUT2D eigenvalue weighted by molar-refractivity contribution is 0.675. The van der Waals surface area contributed by atoms with Crippen LogP contribution < -0.4 is 10.2 Å². The van der Waals surface area contributed by atoms with Crippen molar-refractivity contribution >= 4 is 11.4 Å². The van der Waals surface area contributed by atoms with E-state index in [2.05, 4.69) is 79.5 Å². The zero-order valence-electron chi connectivity index (χ0n) is 13.4. The van der Waals surface area contributed by atoms with E-state index in [0.29, 0.717) is 0 Å². The maximum absolute atomic E-state index is 3.51. The molecule has 0 saturated carbocycles. The van der Waals surface area contributed by atoms with Crippen LogP contribution in [0.2, 0.25) is 0 Å². The number of aryl methyl sites for hydroxylation is 1. The third kappa shape index (κ3) is 3.85. The number of nitrogens with one attached hydrogen (secondary N) is 1. The molecular formula is C19H26N2. The van der Waals surface area contributed by atoms with E-state index in [1.54, 1.807) is 0 Å². The topological polar surface area (TPSA) is 15.3 Å². The fourth-order valence-corrected chi connectivity index (χ4v) is 2.66. The molecule has 0 radical (unpaired) electrons. The molecule has 0 amide bonds. The monoisotopic (exact) mass is 282 g/mol. The molecule has 1 N–H and O–H groups in total. The summed E-state index contributed by atoms with van der Waals surface area (Å²) in [7, 11) is 0. The molecule has 2 rings (SSSR count). The SMILES string of the molecule is CCCNCc1ccccc1N(CC)c1ccccc1C. The molecule has 2 aromatic rings. The van der Waals surface area contributed by atoms with Crippen LogP contribution in [0.1, 0.15) is 31.4 Å². The minimum absolute atomic E-state index is 0.923. The van der Waals surface area contributed by atoms with Crippen molar-refractivity contribution in [1.82, 2.24) is 5.32 Å². The van der Waals surface area contributed by atoms with E-state index >= 15 is 0 Å². The first kappa shape index (κ1) is 15.6. The van der Waals surface area contributed by atoms with Gasteiger partial charge in [0, 0.05) is 24.5 Å². The van der Waals surface area contributed by atoms with Crippen LogP contribution in [-0.4, -0.2) is 13.1 Å². The average molecular weight is 282 g/mol. The van der Waals surface area contributed by atoms with Crippen molar-refractivity contribution in [2.75, 3.05) is 18.0 Å². The highest BCUT2D eigenvalue weighted by Crippen LogP contribution is 2.30. The van der Waals surface area contributed by atoms with E-state index in [1.165, 1.54) is 22.5 Å². The second-order valence-electron chi connectivity index (χ2n) is 5.34. The molecule has 112 valence electrons. The second kappa shape index (κ2) is 7.84. The van der Waals surface area contributed by atoms with Crippen molar-refractivity contribution in [1.29, 1.82) is 0 Å². The van der Waals surface area contributed by atoms with Gasteiger partial charge in [-0.25, -0.2) is 0 Å². The third-order valence-electron chi connectivity index (χ3n) is 3.75. The van der Waals surface area contributed by atoms with Gasteiger partial charge in [0.25, 0.3) is 0 Å². The van der Waals surface area contributed by atoms with Crippen molar-refractivity contribution in [2.45, 2.75) is 33.7 Å². The Morgan fingerprint density at radius 1 is 0.905 bits per heavy atom. The van der Waals surface area contributed by atoms with Crippen molar-refractivity contribution in [3.05, 3.63) is 59.7 Å². The van der Waals surface area contributed by atoms with Crippen LogP contribution in [0.5, 0.6) is 0 Å². The van der Waals surface area contributed by atoms with Gasteiger partial charge in [-0.15, -0.1) is 0 Å². The average Bonchev–Trinajstić information content (AvgIpc) is 2.51. The molecule has 0 bridgehead atoms. The number of benzene rings is 2.